The Balaban J connectivity index is 1.82. The van der Waals surface area contributed by atoms with Crippen LogP contribution in [0.1, 0.15) is 78.3 Å². The fourth-order valence-corrected chi connectivity index (χ4v) is 6.13. The van der Waals surface area contributed by atoms with Crippen LogP contribution in [0.15, 0.2) is 60.9 Å². The van der Waals surface area contributed by atoms with Crippen LogP contribution in [0, 0.1) is 13.8 Å². The van der Waals surface area contributed by atoms with Crippen LogP contribution in [0.5, 0.6) is 0 Å². The van der Waals surface area contributed by atoms with E-state index in [9.17, 15) is 4.79 Å². The van der Waals surface area contributed by atoms with E-state index in [1.807, 2.05) is 6.20 Å². The highest BCUT2D eigenvalue weighted by atomic mass is 16.6. The van der Waals surface area contributed by atoms with Crippen molar-refractivity contribution in [3.63, 3.8) is 0 Å². The minimum atomic E-state index is -1.06. The van der Waals surface area contributed by atoms with Crippen molar-refractivity contribution in [1.29, 1.82) is 0 Å². The molecule has 5 rings (SSSR count). The number of benzene rings is 2. The van der Waals surface area contributed by atoms with Crippen LogP contribution in [0.2, 0.25) is 0 Å². The van der Waals surface area contributed by atoms with Crippen LogP contribution >= 0.6 is 0 Å². The van der Waals surface area contributed by atoms with Crippen molar-refractivity contribution >= 4 is 22.6 Å². The summed E-state index contributed by atoms with van der Waals surface area (Å²) in [5.41, 5.74) is 6.95. The molecule has 1 aliphatic rings. The third kappa shape index (κ3) is 3.92. The molecule has 37 heavy (non-hydrogen) atoms. The fraction of sp³-hybridized carbons (Fsp3) is 0.375. The summed E-state index contributed by atoms with van der Waals surface area (Å²) >= 11 is 0. The molecule has 0 saturated carbocycles. The molecule has 2 aromatic carbocycles. The van der Waals surface area contributed by atoms with Gasteiger partial charge in [0.2, 0.25) is 0 Å². The lowest BCUT2D eigenvalue weighted by atomic mass is 9.77. The Kier molecular flexibility index (Phi) is 6.80. The summed E-state index contributed by atoms with van der Waals surface area (Å²) < 4.78 is 8.95. The van der Waals surface area contributed by atoms with E-state index in [0.29, 0.717) is 5.56 Å². The lowest BCUT2D eigenvalue weighted by Crippen LogP contribution is -2.32. The number of fused-ring (bicyclic) bond motifs is 2. The van der Waals surface area contributed by atoms with Crippen molar-refractivity contribution in [1.82, 2.24) is 9.55 Å². The molecule has 0 aliphatic carbocycles. The quantitative estimate of drug-likeness (QED) is 0.183. The molecule has 2 aromatic heterocycles. The maximum absolute atomic E-state index is 13.4. The molecule has 0 spiro atoms. The minimum Gasteiger partial charge on any atom is -0.440 e. The van der Waals surface area contributed by atoms with E-state index in [-0.39, 0.29) is 5.97 Å². The third-order valence-corrected chi connectivity index (χ3v) is 7.95. The number of ether oxygens (including phenoxy) is 1. The van der Waals surface area contributed by atoms with Gasteiger partial charge in [0.25, 0.3) is 0 Å². The zero-order valence-corrected chi connectivity index (χ0v) is 22.7. The van der Waals surface area contributed by atoms with Crippen LogP contribution in [0.4, 0.5) is 5.69 Å². The maximum atomic E-state index is 13.4. The first kappa shape index (κ1) is 25.1. The Hall–Kier alpha value is -3.60. The predicted octanol–water partition coefficient (Wildman–Crippen LogP) is 7.15. The number of esters is 1. The molecule has 0 N–H and O–H groups in total. The number of para-hydroxylation sites is 1. The molecule has 1 unspecified atom stereocenters. The van der Waals surface area contributed by atoms with Crippen molar-refractivity contribution in [2.75, 3.05) is 18.0 Å². The van der Waals surface area contributed by atoms with Gasteiger partial charge in [-0.3, -0.25) is 4.98 Å². The van der Waals surface area contributed by atoms with Crippen molar-refractivity contribution < 1.29 is 9.53 Å². The number of carbonyl (C=O) groups excluding carboxylic acids is 1. The highest BCUT2D eigenvalue weighted by molar-refractivity contribution is 5.98. The van der Waals surface area contributed by atoms with Gasteiger partial charge in [0.15, 0.2) is 5.60 Å². The second-order valence-electron chi connectivity index (χ2n) is 10.00. The first-order valence-electron chi connectivity index (χ1n) is 13.6. The summed E-state index contributed by atoms with van der Waals surface area (Å²) in [4.78, 5) is 20.2. The Morgan fingerprint density at radius 1 is 0.973 bits per heavy atom. The summed E-state index contributed by atoms with van der Waals surface area (Å²) in [6.45, 7) is 13.7. The van der Waals surface area contributed by atoms with Gasteiger partial charge < -0.3 is 14.2 Å². The van der Waals surface area contributed by atoms with Gasteiger partial charge in [0, 0.05) is 71.0 Å². The van der Waals surface area contributed by atoms with Crippen LogP contribution in [0.25, 0.3) is 10.9 Å². The number of unbranched alkanes of at least 4 members (excludes halogenated alkanes) is 2. The number of aryl methyl sites for hydroxylation is 2. The Morgan fingerprint density at radius 2 is 1.76 bits per heavy atom. The van der Waals surface area contributed by atoms with Gasteiger partial charge in [-0.2, -0.15) is 0 Å². The smallest absolute Gasteiger partial charge is 0.340 e. The minimum absolute atomic E-state index is 0.299. The number of aromatic nitrogens is 2. The fourth-order valence-electron chi connectivity index (χ4n) is 6.13. The average Bonchev–Trinajstić information content (AvgIpc) is 3.36. The van der Waals surface area contributed by atoms with Crippen molar-refractivity contribution in [2.45, 2.75) is 66.0 Å². The molecule has 3 heterocycles. The van der Waals surface area contributed by atoms with Gasteiger partial charge in [-0.1, -0.05) is 44.0 Å². The molecule has 0 bridgehead atoms. The van der Waals surface area contributed by atoms with Gasteiger partial charge in [-0.25, -0.2) is 4.79 Å². The van der Waals surface area contributed by atoms with Crippen LogP contribution in [-0.2, 0) is 16.9 Å². The number of hydrogen-bond acceptors (Lipinski definition) is 4. The lowest BCUT2D eigenvalue weighted by Gasteiger charge is -2.33. The van der Waals surface area contributed by atoms with Gasteiger partial charge in [-0.15, -0.1) is 0 Å². The SMILES string of the molecule is CCCCCn1c(C)c(C2(c3ccc(N(CC)CC)cc3C)OC(=O)c3ccncc32)c2ccccc21. The molecular weight excluding hydrogens is 458 g/mol. The second kappa shape index (κ2) is 10.0. The van der Waals surface area contributed by atoms with E-state index in [2.05, 4.69) is 91.5 Å². The predicted molar refractivity (Wildman–Crippen MR) is 150 cm³/mol. The summed E-state index contributed by atoms with van der Waals surface area (Å²) in [5, 5.41) is 1.12. The molecule has 0 amide bonds. The van der Waals surface area contributed by atoms with Gasteiger partial charge >= 0.3 is 5.97 Å². The van der Waals surface area contributed by atoms with Crippen LogP contribution in [-0.4, -0.2) is 28.6 Å². The van der Waals surface area contributed by atoms with E-state index in [1.165, 1.54) is 24.0 Å². The third-order valence-electron chi connectivity index (χ3n) is 7.95. The molecule has 1 aliphatic heterocycles. The standard InChI is InChI=1S/C32H37N3O2/c1-6-9-12-19-35-23(5)30(26-13-10-11-14-29(26)35)32(28-21-33-18-17-25(28)31(36)37-32)27-16-15-24(20-22(27)4)34(7-2)8-3/h10-11,13-18,20-21H,6-9,12,19H2,1-5H3. The molecule has 192 valence electrons. The highest BCUT2D eigenvalue weighted by Gasteiger charge is 2.52. The number of nitrogens with zero attached hydrogens (tertiary/aromatic N) is 3. The highest BCUT2D eigenvalue weighted by Crippen LogP contribution is 2.51. The monoisotopic (exact) mass is 495 g/mol. The Bertz CT molecular complexity index is 1450. The van der Waals surface area contributed by atoms with Crippen LogP contribution in [0.3, 0.4) is 0 Å². The molecule has 4 aromatic rings. The van der Waals surface area contributed by atoms with Crippen molar-refractivity contribution in [2.24, 2.45) is 0 Å². The first-order valence-corrected chi connectivity index (χ1v) is 13.6. The first-order chi connectivity index (χ1) is 18.0. The number of cyclic esters (lactones) is 1. The van der Waals surface area contributed by atoms with E-state index in [1.54, 1.807) is 12.3 Å². The van der Waals surface area contributed by atoms with E-state index >= 15 is 0 Å². The average molecular weight is 496 g/mol. The number of carbonyl (C=O) groups is 1. The zero-order valence-electron chi connectivity index (χ0n) is 22.7. The summed E-state index contributed by atoms with van der Waals surface area (Å²) in [7, 11) is 0. The largest absolute Gasteiger partial charge is 0.440 e. The molecule has 0 radical (unpaired) electrons. The van der Waals surface area contributed by atoms with E-state index in [0.717, 1.165) is 59.4 Å². The Labute approximate surface area is 220 Å². The normalized spacial score (nSPS) is 16.7. The zero-order chi connectivity index (χ0) is 26.2. The summed E-state index contributed by atoms with van der Waals surface area (Å²) in [5.74, 6) is -0.299. The number of pyridine rings is 1. The van der Waals surface area contributed by atoms with Crippen LogP contribution < -0.4 is 4.90 Å². The van der Waals surface area contributed by atoms with Crippen molar-refractivity contribution in [3.05, 3.63) is 94.4 Å². The Morgan fingerprint density at radius 3 is 2.49 bits per heavy atom. The van der Waals surface area contributed by atoms with Gasteiger partial charge in [0.05, 0.1) is 5.56 Å². The molecule has 0 saturated heterocycles. The van der Waals surface area contributed by atoms with Gasteiger partial charge in [0.1, 0.15) is 0 Å². The molecule has 1 atom stereocenters. The second-order valence-corrected chi connectivity index (χ2v) is 10.00. The molecule has 0 fully saturated rings. The summed E-state index contributed by atoms with van der Waals surface area (Å²) in [6, 6.07) is 16.8. The molecular formula is C32H37N3O2. The number of hydrogen-bond donors (Lipinski definition) is 0. The number of rotatable bonds is 9. The maximum Gasteiger partial charge on any atom is 0.340 e. The topological polar surface area (TPSA) is 47.4 Å². The van der Waals surface area contributed by atoms with Gasteiger partial charge in [-0.05, 0) is 63.9 Å². The molecule has 5 nitrogen and oxygen atoms in total. The van der Waals surface area contributed by atoms with Crippen molar-refractivity contribution in [3.8, 4) is 0 Å². The number of anilines is 1. The summed E-state index contributed by atoms with van der Waals surface area (Å²) in [6.07, 6.45) is 6.95. The lowest BCUT2D eigenvalue weighted by molar-refractivity contribution is 0.0251. The molecule has 5 heteroatoms. The van der Waals surface area contributed by atoms with E-state index in [4.69, 9.17) is 4.74 Å². The van der Waals surface area contributed by atoms with E-state index < -0.39 is 5.60 Å².